The van der Waals surface area contributed by atoms with Crippen molar-refractivity contribution in [1.82, 2.24) is 5.32 Å². The van der Waals surface area contributed by atoms with Crippen LogP contribution in [0, 0.1) is 5.92 Å². The lowest BCUT2D eigenvalue weighted by atomic mass is 10.0. The van der Waals surface area contributed by atoms with Crippen molar-refractivity contribution in [2.24, 2.45) is 5.92 Å². The Morgan fingerprint density at radius 2 is 2.06 bits per heavy atom. The van der Waals surface area contributed by atoms with Gasteiger partial charge in [0, 0.05) is 19.6 Å². The van der Waals surface area contributed by atoms with Crippen LogP contribution in [0.4, 0.5) is 13.2 Å². The van der Waals surface area contributed by atoms with E-state index in [2.05, 4.69) is 5.32 Å². The van der Waals surface area contributed by atoms with Gasteiger partial charge in [-0.15, -0.1) is 0 Å². The van der Waals surface area contributed by atoms with Gasteiger partial charge in [0.25, 0.3) is 0 Å². The van der Waals surface area contributed by atoms with Gasteiger partial charge in [-0.3, -0.25) is 0 Å². The van der Waals surface area contributed by atoms with Crippen LogP contribution in [0.25, 0.3) is 0 Å². The minimum absolute atomic E-state index is 0.220. The largest absolute Gasteiger partial charge is 0.389 e. The van der Waals surface area contributed by atoms with Crippen molar-refractivity contribution in [1.29, 1.82) is 0 Å². The molecular formula is C11H20F3NO. The second-order valence-corrected chi connectivity index (χ2v) is 4.36. The predicted octanol–water partition coefficient (Wildman–Crippen LogP) is 2.74. The average Bonchev–Trinajstić information content (AvgIpc) is 2.23. The Labute approximate surface area is 94.5 Å². The fourth-order valence-electron chi connectivity index (χ4n) is 1.85. The van der Waals surface area contributed by atoms with Crippen LogP contribution in [-0.4, -0.2) is 32.5 Å². The first-order chi connectivity index (χ1) is 7.58. The molecule has 1 N–H and O–H groups in total. The summed E-state index contributed by atoms with van der Waals surface area (Å²) in [7, 11) is 0. The Kier molecular flexibility index (Phi) is 6.13. The first-order valence-corrected chi connectivity index (χ1v) is 5.93. The molecule has 1 atom stereocenters. The van der Waals surface area contributed by atoms with Gasteiger partial charge in [0.05, 0.1) is 6.61 Å². The smallest absolute Gasteiger partial charge is 0.381 e. The maximum absolute atomic E-state index is 11.8. The zero-order valence-electron chi connectivity index (χ0n) is 9.48. The van der Waals surface area contributed by atoms with Crippen molar-refractivity contribution in [3.63, 3.8) is 0 Å². The predicted molar refractivity (Wildman–Crippen MR) is 56.3 cm³/mol. The van der Waals surface area contributed by atoms with Gasteiger partial charge in [-0.2, -0.15) is 13.2 Å². The van der Waals surface area contributed by atoms with Gasteiger partial charge >= 0.3 is 6.18 Å². The summed E-state index contributed by atoms with van der Waals surface area (Å²) in [6.07, 6.45) is -1.60. The molecule has 1 heterocycles. The van der Waals surface area contributed by atoms with Crippen LogP contribution in [0.1, 0.15) is 32.1 Å². The van der Waals surface area contributed by atoms with Gasteiger partial charge in [0.15, 0.2) is 0 Å². The lowest BCUT2D eigenvalue weighted by Crippen LogP contribution is -2.29. The van der Waals surface area contributed by atoms with E-state index in [1.165, 1.54) is 0 Å². The Balaban J connectivity index is 1.87. The summed E-state index contributed by atoms with van der Waals surface area (Å²) < 4.78 is 40.8. The lowest BCUT2D eigenvalue weighted by molar-refractivity contribution is -0.135. The summed E-state index contributed by atoms with van der Waals surface area (Å²) >= 11 is 0. The number of halogens is 3. The molecule has 0 bridgehead atoms. The van der Waals surface area contributed by atoms with Crippen LogP contribution in [-0.2, 0) is 4.74 Å². The SMILES string of the molecule is FC(F)(F)CCCCNCC1CCCOC1. The molecule has 0 aromatic carbocycles. The Morgan fingerprint density at radius 3 is 2.69 bits per heavy atom. The second kappa shape index (κ2) is 7.12. The molecule has 1 unspecified atom stereocenters. The van der Waals surface area contributed by atoms with Gasteiger partial charge in [0.1, 0.15) is 0 Å². The first-order valence-electron chi connectivity index (χ1n) is 5.93. The standard InChI is InChI=1S/C11H20F3NO/c12-11(13,14)5-1-2-6-15-8-10-4-3-7-16-9-10/h10,15H,1-9H2. The molecule has 0 saturated carbocycles. The van der Waals surface area contributed by atoms with Gasteiger partial charge in [-0.1, -0.05) is 0 Å². The molecule has 5 heteroatoms. The van der Waals surface area contributed by atoms with E-state index in [-0.39, 0.29) is 6.42 Å². The van der Waals surface area contributed by atoms with E-state index in [4.69, 9.17) is 4.74 Å². The highest BCUT2D eigenvalue weighted by Crippen LogP contribution is 2.21. The third-order valence-corrected chi connectivity index (χ3v) is 2.75. The van der Waals surface area contributed by atoms with Gasteiger partial charge in [-0.25, -0.2) is 0 Å². The maximum Gasteiger partial charge on any atom is 0.389 e. The van der Waals surface area contributed by atoms with E-state index < -0.39 is 12.6 Å². The Bertz CT molecular complexity index is 179. The number of rotatable bonds is 6. The van der Waals surface area contributed by atoms with E-state index in [0.29, 0.717) is 18.9 Å². The fourth-order valence-corrected chi connectivity index (χ4v) is 1.85. The molecule has 2 nitrogen and oxygen atoms in total. The zero-order valence-corrected chi connectivity index (χ0v) is 9.48. The molecule has 96 valence electrons. The summed E-state index contributed by atoms with van der Waals surface area (Å²) in [5.41, 5.74) is 0. The lowest BCUT2D eigenvalue weighted by Gasteiger charge is -2.22. The molecule has 0 aromatic rings. The van der Waals surface area contributed by atoms with Crippen LogP contribution in [0.3, 0.4) is 0 Å². The van der Waals surface area contributed by atoms with E-state index in [1.807, 2.05) is 0 Å². The van der Waals surface area contributed by atoms with Crippen molar-refractivity contribution in [2.75, 3.05) is 26.3 Å². The number of hydrogen-bond donors (Lipinski definition) is 1. The summed E-state index contributed by atoms with van der Waals surface area (Å²) in [6, 6.07) is 0. The normalized spacial score (nSPS) is 22.3. The van der Waals surface area contributed by atoms with Crippen molar-refractivity contribution < 1.29 is 17.9 Å². The third-order valence-electron chi connectivity index (χ3n) is 2.75. The third kappa shape index (κ3) is 7.06. The summed E-state index contributed by atoms with van der Waals surface area (Å²) in [5, 5.41) is 3.19. The molecule has 1 saturated heterocycles. The maximum atomic E-state index is 11.8. The summed E-state index contributed by atoms with van der Waals surface area (Å²) in [5.74, 6) is 0.538. The highest BCUT2D eigenvalue weighted by Gasteiger charge is 2.25. The molecule has 0 aliphatic carbocycles. The van der Waals surface area contributed by atoms with Crippen molar-refractivity contribution in [2.45, 2.75) is 38.3 Å². The van der Waals surface area contributed by atoms with E-state index in [1.54, 1.807) is 0 Å². The highest BCUT2D eigenvalue weighted by atomic mass is 19.4. The second-order valence-electron chi connectivity index (χ2n) is 4.36. The number of unbranched alkanes of at least 4 members (excludes halogenated alkanes) is 1. The van der Waals surface area contributed by atoms with Crippen molar-refractivity contribution in [3.05, 3.63) is 0 Å². The molecule has 0 aromatic heterocycles. The minimum atomic E-state index is -4.00. The fraction of sp³-hybridized carbons (Fsp3) is 1.00. The number of hydrogen-bond acceptors (Lipinski definition) is 2. The van der Waals surface area contributed by atoms with Crippen molar-refractivity contribution in [3.8, 4) is 0 Å². The summed E-state index contributed by atoms with van der Waals surface area (Å²) in [6.45, 7) is 3.18. The molecule has 1 fully saturated rings. The topological polar surface area (TPSA) is 21.3 Å². The molecule has 1 aliphatic rings. The van der Waals surface area contributed by atoms with E-state index >= 15 is 0 Å². The number of alkyl halides is 3. The van der Waals surface area contributed by atoms with Crippen LogP contribution in [0.5, 0.6) is 0 Å². The number of nitrogens with one attached hydrogen (secondary N) is 1. The van der Waals surface area contributed by atoms with Crippen LogP contribution in [0.2, 0.25) is 0 Å². The van der Waals surface area contributed by atoms with Crippen molar-refractivity contribution >= 4 is 0 Å². The Morgan fingerprint density at radius 1 is 1.25 bits per heavy atom. The quantitative estimate of drug-likeness (QED) is 0.720. The monoisotopic (exact) mass is 239 g/mol. The van der Waals surface area contributed by atoms with E-state index in [9.17, 15) is 13.2 Å². The molecule has 1 rings (SSSR count). The molecule has 16 heavy (non-hydrogen) atoms. The summed E-state index contributed by atoms with van der Waals surface area (Å²) in [4.78, 5) is 0. The van der Waals surface area contributed by atoms with Gasteiger partial charge in [0.2, 0.25) is 0 Å². The minimum Gasteiger partial charge on any atom is -0.381 e. The Hall–Kier alpha value is -0.290. The van der Waals surface area contributed by atoms with Gasteiger partial charge < -0.3 is 10.1 Å². The number of ether oxygens (including phenoxy) is 1. The van der Waals surface area contributed by atoms with Crippen LogP contribution >= 0.6 is 0 Å². The van der Waals surface area contributed by atoms with E-state index in [0.717, 1.165) is 32.6 Å². The molecule has 0 radical (unpaired) electrons. The highest BCUT2D eigenvalue weighted by molar-refractivity contribution is 4.65. The van der Waals surface area contributed by atoms with Crippen LogP contribution < -0.4 is 5.32 Å². The first kappa shape index (κ1) is 13.8. The average molecular weight is 239 g/mol. The van der Waals surface area contributed by atoms with Crippen LogP contribution in [0.15, 0.2) is 0 Å². The molecule has 0 spiro atoms. The molecule has 0 amide bonds. The zero-order chi connectivity index (χ0) is 11.9. The van der Waals surface area contributed by atoms with Gasteiger partial charge in [-0.05, 0) is 38.1 Å². The molecule has 1 aliphatic heterocycles. The molecular weight excluding hydrogens is 219 g/mol.